The minimum Gasteiger partial charge on any atom is -0.481 e. The second-order valence-electron chi connectivity index (χ2n) is 10.4. The van der Waals surface area contributed by atoms with Crippen LogP contribution in [0, 0.1) is 11.8 Å². The Kier molecular flexibility index (Phi) is 6.98. The Labute approximate surface area is 190 Å². The predicted octanol–water partition coefficient (Wildman–Crippen LogP) is 4.43. The van der Waals surface area contributed by atoms with Gasteiger partial charge in [0.2, 0.25) is 0 Å². The van der Waals surface area contributed by atoms with E-state index in [9.17, 15) is 19.5 Å². The molecule has 4 unspecified atom stereocenters. The Balaban J connectivity index is 1.90. The number of carbonyl (C=O) groups is 3. The first-order valence-electron chi connectivity index (χ1n) is 11.4. The second kappa shape index (κ2) is 9.22. The molecule has 32 heavy (non-hydrogen) atoms. The summed E-state index contributed by atoms with van der Waals surface area (Å²) in [5.74, 6) is -1.83. The first-order chi connectivity index (χ1) is 14.9. The fourth-order valence-electron chi connectivity index (χ4n) is 4.95. The number of carboxylic acids is 1. The Morgan fingerprint density at radius 3 is 2.47 bits per heavy atom. The van der Waals surface area contributed by atoms with Gasteiger partial charge in [-0.05, 0) is 65.4 Å². The van der Waals surface area contributed by atoms with E-state index >= 15 is 0 Å². The molecule has 7 heteroatoms. The van der Waals surface area contributed by atoms with E-state index in [0.29, 0.717) is 25.7 Å². The second-order valence-corrected chi connectivity index (χ2v) is 10.4. The molecule has 1 aliphatic carbocycles. The summed E-state index contributed by atoms with van der Waals surface area (Å²) in [5, 5.41) is 9.69. The van der Waals surface area contributed by atoms with Crippen molar-refractivity contribution in [3.63, 3.8) is 0 Å². The topological polar surface area (TPSA) is 93.1 Å². The lowest BCUT2D eigenvalue weighted by molar-refractivity contribution is -0.148. The minimum atomic E-state index is -0.941. The van der Waals surface area contributed by atoms with Crippen molar-refractivity contribution in [2.75, 3.05) is 0 Å². The Morgan fingerprint density at radius 2 is 1.88 bits per heavy atom. The highest BCUT2D eigenvalue weighted by atomic mass is 16.6. The average Bonchev–Trinajstić information content (AvgIpc) is 2.91. The number of rotatable bonds is 5. The molecule has 1 aromatic rings. The average molecular weight is 446 g/mol. The highest BCUT2D eigenvalue weighted by Gasteiger charge is 2.52. The van der Waals surface area contributed by atoms with E-state index < -0.39 is 29.3 Å². The molecule has 1 aliphatic heterocycles. The largest absolute Gasteiger partial charge is 0.481 e. The van der Waals surface area contributed by atoms with Crippen LogP contribution in [0.15, 0.2) is 30.3 Å². The van der Waals surface area contributed by atoms with Crippen LogP contribution in [0.25, 0.3) is 0 Å². The number of aliphatic carboxylic acids is 1. The van der Waals surface area contributed by atoms with Crippen molar-refractivity contribution >= 4 is 17.8 Å². The van der Waals surface area contributed by atoms with Gasteiger partial charge in [-0.15, -0.1) is 0 Å². The standard InChI is InChI=1S/C25H35NO6/c1-24(2,3)32-23(30)26-20(13-16-9-7-6-8-10-16)21(31-25(26,4)5)14-17-11-12-18(27)15-19(17)22(28)29/h6-10,17,19-21H,11-15H2,1-5H3,(H,28,29). The molecule has 0 spiro atoms. The summed E-state index contributed by atoms with van der Waals surface area (Å²) in [5.41, 5.74) is -0.498. The normalized spacial score (nSPS) is 27.9. The lowest BCUT2D eigenvalue weighted by Gasteiger charge is -2.35. The molecule has 0 bridgehead atoms. The van der Waals surface area contributed by atoms with E-state index in [0.717, 1.165) is 5.56 Å². The molecule has 7 nitrogen and oxygen atoms in total. The molecule has 1 N–H and O–H groups in total. The highest BCUT2D eigenvalue weighted by Crippen LogP contribution is 2.41. The van der Waals surface area contributed by atoms with Gasteiger partial charge in [-0.3, -0.25) is 14.5 Å². The SMILES string of the molecule is CC(C)(C)OC(=O)N1C(Cc2ccccc2)C(CC2CCC(=O)CC2C(=O)O)OC1(C)C. The summed E-state index contributed by atoms with van der Waals surface area (Å²) in [4.78, 5) is 38.6. The van der Waals surface area contributed by atoms with Crippen LogP contribution in [0.1, 0.15) is 65.9 Å². The number of nitrogens with zero attached hydrogens (tertiary/aromatic N) is 1. The molecule has 2 fully saturated rings. The van der Waals surface area contributed by atoms with Crippen molar-refractivity contribution in [2.45, 2.75) is 90.2 Å². The van der Waals surface area contributed by atoms with Gasteiger partial charge in [-0.1, -0.05) is 30.3 Å². The molecule has 1 aromatic carbocycles. The van der Waals surface area contributed by atoms with Gasteiger partial charge in [0, 0.05) is 12.8 Å². The summed E-state index contributed by atoms with van der Waals surface area (Å²) >= 11 is 0. The molecule has 0 aromatic heterocycles. The number of Topliss-reactive ketones (excluding diaryl/α,β-unsaturated/α-hetero) is 1. The summed E-state index contributed by atoms with van der Waals surface area (Å²) in [6.07, 6.45) is 1.22. The van der Waals surface area contributed by atoms with Gasteiger partial charge in [0.25, 0.3) is 0 Å². The van der Waals surface area contributed by atoms with Crippen LogP contribution >= 0.6 is 0 Å². The first-order valence-corrected chi connectivity index (χ1v) is 11.4. The number of amides is 1. The van der Waals surface area contributed by atoms with E-state index in [1.807, 2.05) is 65.0 Å². The van der Waals surface area contributed by atoms with Crippen LogP contribution in [0.4, 0.5) is 4.79 Å². The third kappa shape index (κ3) is 5.68. The van der Waals surface area contributed by atoms with Gasteiger partial charge in [-0.25, -0.2) is 4.79 Å². The van der Waals surface area contributed by atoms with Crippen molar-refractivity contribution in [2.24, 2.45) is 11.8 Å². The van der Waals surface area contributed by atoms with Crippen molar-refractivity contribution < 1.29 is 29.0 Å². The van der Waals surface area contributed by atoms with Crippen molar-refractivity contribution in [3.05, 3.63) is 35.9 Å². The van der Waals surface area contributed by atoms with E-state index in [1.54, 1.807) is 4.90 Å². The monoisotopic (exact) mass is 445 g/mol. The van der Waals surface area contributed by atoms with Gasteiger partial charge in [0.15, 0.2) is 0 Å². The van der Waals surface area contributed by atoms with Crippen LogP contribution in [-0.4, -0.2) is 51.3 Å². The molecule has 0 radical (unpaired) electrons. The predicted molar refractivity (Wildman–Crippen MR) is 119 cm³/mol. The summed E-state index contributed by atoms with van der Waals surface area (Å²) < 4.78 is 12.1. The maximum Gasteiger partial charge on any atom is 0.412 e. The summed E-state index contributed by atoms with van der Waals surface area (Å²) in [6, 6.07) is 9.56. The molecule has 4 atom stereocenters. The third-order valence-electron chi connectivity index (χ3n) is 6.32. The third-order valence-corrected chi connectivity index (χ3v) is 6.32. The number of carbonyl (C=O) groups excluding carboxylic acids is 2. The zero-order valence-electron chi connectivity index (χ0n) is 19.7. The number of ketones is 1. The van der Waals surface area contributed by atoms with Crippen LogP contribution in [-0.2, 0) is 25.5 Å². The van der Waals surface area contributed by atoms with Crippen molar-refractivity contribution in [1.82, 2.24) is 4.90 Å². The van der Waals surface area contributed by atoms with Crippen LogP contribution in [0.3, 0.4) is 0 Å². The maximum absolute atomic E-state index is 13.2. The number of hydrogen-bond donors (Lipinski definition) is 1. The summed E-state index contributed by atoms with van der Waals surface area (Å²) in [6.45, 7) is 9.17. The van der Waals surface area contributed by atoms with E-state index in [-0.39, 0.29) is 30.3 Å². The number of ether oxygens (including phenoxy) is 2. The Bertz CT molecular complexity index is 844. The molecule has 1 amide bonds. The van der Waals surface area contributed by atoms with Gasteiger partial charge >= 0.3 is 12.1 Å². The van der Waals surface area contributed by atoms with Crippen LogP contribution < -0.4 is 0 Å². The lowest BCUT2D eigenvalue weighted by atomic mass is 9.75. The van der Waals surface area contributed by atoms with Crippen molar-refractivity contribution in [3.8, 4) is 0 Å². The Hall–Kier alpha value is -2.41. The van der Waals surface area contributed by atoms with Gasteiger partial charge in [0.1, 0.15) is 17.1 Å². The number of carboxylic acid groups (broad SMARTS) is 1. The quantitative estimate of drug-likeness (QED) is 0.721. The highest BCUT2D eigenvalue weighted by molar-refractivity contribution is 5.85. The van der Waals surface area contributed by atoms with E-state index in [4.69, 9.17) is 9.47 Å². The van der Waals surface area contributed by atoms with Crippen LogP contribution in [0.5, 0.6) is 0 Å². The zero-order chi connectivity index (χ0) is 23.7. The van der Waals surface area contributed by atoms with Crippen molar-refractivity contribution in [1.29, 1.82) is 0 Å². The number of hydrogen-bond acceptors (Lipinski definition) is 5. The molecule has 1 saturated heterocycles. The maximum atomic E-state index is 13.2. The minimum absolute atomic E-state index is 0.00228. The van der Waals surface area contributed by atoms with E-state index in [2.05, 4.69) is 0 Å². The molecular formula is C25H35NO6. The number of benzene rings is 1. The Morgan fingerprint density at radius 1 is 1.22 bits per heavy atom. The lowest BCUT2D eigenvalue weighted by Crippen LogP contribution is -2.51. The molecular weight excluding hydrogens is 410 g/mol. The van der Waals surface area contributed by atoms with Crippen LogP contribution in [0.2, 0.25) is 0 Å². The van der Waals surface area contributed by atoms with Gasteiger partial charge < -0.3 is 14.6 Å². The van der Waals surface area contributed by atoms with Gasteiger partial charge in [-0.2, -0.15) is 0 Å². The molecule has 2 aliphatic rings. The molecule has 1 saturated carbocycles. The molecule has 3 rings (SSSR count). The summed E-state index contributed by atoms with van der Waals surface area (Å²) in [7, 11) is 0. The van der Waals surface area contributed by atoms with Gasteiger partial charge in [0.05, 0.1) is 18.1 Å². The zero-order valence-corrected chi connectivity index (χ0v) is 19.7. The van der Waals surface area contributed by atoms with E-state index in [1.165, 1.54) is 0 Å². The molecule has 176 valence electrons. The first kappa shape index (κ1) is 24.2. The smallest absolute Gasteiger partial charge is 0.412 e. The fourth-order valence-corrected chi connectivity index (χ4v) is 4.95. The fraction of sp³-hybridized carbons (Fsp3) is 0.640. The molecule has 1 heterocycles.